The predicted molar refractivity (Wildman–Crippen MR) is 94.1 cm³/mol. The van der Waals surface area contributed by atoms with Crippen LogP contribution in [-0.4, -0.2) is 22.6 Å². The summed E-state index contributed by atoms with van der Waals surface area (Å²) in [7, 11) is 0. The minimum absolute atomic E-state index is 0.101. The zero-order valence-electron chi connectivity index (χ0n) is 14.1. The SMILES string of the molecule is O=C(CCc1nc(-c2ccsc2)no1)NCCc1ccccc1C(F)(F)F. The van der Waals surface area contributed by atoms with Gasteiger partial charge >= 0.3 is 6.18 Å². The molecule has 142 valence electrons. The normalized spacial score (nSPS) is 11.5. The maximum absolute atomic E-state index is 12.9. The van der Waals surface area contributed by atoms with Crippen molar-refractivity contribution in [2.45, 2.75) is 25.4 Å². The summed E-state index contributed by atoms with van der Waals surface area (Å²) in [5.74, 6) is 0.527. The minimum Gasteiger partial charge on any atom is -0.356 e. The van der Waals surface area contributed by atoms with E-state index in [0.717, 1.165) is 11.6 Å². The monoisotopic (exact) mass is 395 g/mol. The first-order chi connectivity index (χ1) is 12.9. The number of carbonyl (C=O) groups is 1. The highest BCUT2D eigenvalue weighted by Gasteiger charge is 2.32. The van der Waals surface area contributed by atoms with Gasteiger partial charge in [-0.05, 0) is 29.5 Å². The molecule has 27 heavy (non-hydrogen) atoms. The number of benzene rings is 1. The summed E-state index contributed by atoms with van der Waals surface area (Å²) in [5.41, 5.74) is 0.330. The minimum atomic E-state index is -4.40. The Hall–Kier alpha value is -2.68. The smallest absolute Gasteiger partial charge is 0.356 e. The molecule has 1 aromatic carbocycles. The van der Waals surface area contributed by atoms with E-state index in [1.807, 2.05) is 16.8 Å². The molecule has 9 heteroatoms. The predicted octanol–water partition coefficient (Wildman–Crippen LogP) is 4.11. The lowest BCUT2D eigenvalue weighted by molar-refractivity contribution is -0.138. The maximum atomic E-state index is 12.9. The van der Waals surface area contributed by atoms with Gasteiger partial charge in [-0.2, -0.15) is 29.5 Å². The highest BCUT2D eigenvalue weighted by molar-refractivity contribution is 7.08. The van der Waals surface area contributed by atoms with Crippen LogP contribution < -0.4 is 5.32 Å². The van der Waals surface area contributed by atoms with Crippen LogP contribution in [0.1, 0.15) is 23.4 Å². The Morgan fingerprint density at radius 2 is 2.00 bits per heavy atom. The van der Waals surface area contributed by atoms with Crippen LogP contribution in [0.15, 0.2) is 45.6 Å². The summed E-state index contributed by atoms with van der Waals surface area (Å²) in [6.45, 7) is 0.121. The Morgan fingerprint density at radius 3 is 2.74 bits per heavy atom. The van der Waals surface area contributed by atoms with E-state index >= 15 is 0 Å². The summed E-state index contributed by atoms with van der Waals surface area (Å²) in [4.78, 5) is 16.1. The molecule has 0 aliphatic rings. The molecule has 0 aliphatic carbocycles. The first kappa shape index (κ1) is 19.1. The molecule has 1 amide bonds. The van der Waals surface area contributed by atoms with Gasteiger partial charge in [0.05, 0.1) is 5.56 Å². The van der Waals surface area contributed by atoms with E-state index in [1.165, 1.54) is 23.5 Å². The van der Waals surface area contributed by atoms with Gasteiger partial charge < -0.3 is 9.84 Å². The molecule has 0 radical (unpaired) electrons. The second-order valence-electron chi connectivity index (χ2n) is 5.78. The van der Waals surface area contributed by atoms with Crippen LogP contribution in [0.5, 0.6) is 0 Å². The summed E-state index contributed by atoms with van der Waals surface area (Å²) >= 11 is 1.52. The van der Waals surface area contributed by atoms with Gasteiger partial charge in [0.2, 0.25) is 17.6 Å². The zero-order chi connectivity index (χ0) is 19.3. The van der Waals surface area contributed by atoms with Crippen molar-refractivity contribution in [2.75, 3.05) is 6.54 Å². The number of nitrogens with zero attached hydrogens (tertiary/aromatic N) is 2. The van der Waals surface area contributed by atoms with Crippen LogP contribution in [0.4, 0.5) is 13.2 Å². The number of halogens is 3. The van der Waals surface area contributed by atoms with Crippen LogP contribution >= 0.6 is 11.3 Å². The van der Waals surface area contributed by atoms with Crippen LogP contribution in [0, 0.1) is 0 Å². The molecular weight excluding hydrogens is 379 g/mol. The van der Waals surface area contributed by atoms with Crippen LogP contribution in [0.3, 0.4) is 0 Å². The van der Waals surface area contributed by atoms with Crippen molar-refractivity contribution >= 4 is 17.2 Å². The van der Waals surface area contributed by atoms with Gasteiger partial charge in [0.15, 0.2) is 0 Å². The molecule has 0 saturated carbocycles. The van der Waals surface area contributed by atoms with Gasteiger partial charge in [0, 0.05) is 30.3 Å². The van der Waals surface area contributed by atoms with Gasteiger partial charge in [-0.1, -0.05) is 23.4 Å². The van der Waals surface area contributed by atoms with E-state index in [-0.39, 0.29) is 37.3 Å². The molecule has 2 aromatic heterocycles. The van der Waals surface area contributed by atoms with Gasteiger partial charge in [0.1, 0.15) is 0 Å². The number of nitrogens with one attached hydrogen (secondary N) is 1. The summed E-state index contributed by atoms with van der Waals surface area (Å²) in [6.07, 6.45) is -3.92. The van der Waals surface area contributed by atoms with Gasteiger partial charge in [-0.25, -0.2) is 0 Å². The van der Waals surface area contributed by atoms with Crippen molar-refractivity contribution in [2.24, 2.45) is 0 Å². The number of aromatic nitrogens is 2. The number of thiophene rings is 1. The molecule has 0 spiro atoms. The number of carbonyl (C=O) groups excluding carboxylic acids is 1. The van der Waals surface area contributed by atoms with Crippen LogP contribution in [0.2, 0.25) is 0 Å². The van der Waals surface area contributed by atoms with Crippen molar-refractivity contribution in [3.63, 3.8) is 0 Å². The highest BCUT2D eigenvalue weighted by atomic mass is 32.1. The molecule has 1 N–H and O–H groups in total. The first-order valence-corrected chi connectivity index (χ1v) is 9.15. The van der Waals surface area contributed by atoms with E-state index in [9.17, 15) is 18.0 Å². The Balaban J connectivity index is 1.46. The molecule has 5 nitrogen and oxygen atoms in total. The largest absolute Gasteiger partial charge is 0.416 e. The molecule has 0 atom stereocenters. The molecule has 0 unspecified atom stereocenters. The molecule has 0 aliphatic heterocycles. The fourth-order valence-electron chi connectivity index (χ4n) is 2.53. The standard InChI is InChI=1S/C18H16F3N3O2S/c19-18(20,21)14-4-2-1-3-12(14)7-9-22-15(25)5-6-16-23-17(24-26-16)13-8-10-27-11-13/h1-4,8,10-11H,5-7,9H2,(H,22,25). The quantitative estimate of drug-likeness (QED) is 0.654. The van der Waals surface area contributed by atoms with Crippen molar-refractivity contribution in [3.05, 3.63) is 58.1 Å². The summed E-state index contributed by atoms with van der Waals surface area (Å²) in [5, 5.41) is 10.3. The fourth-order valence-corrected chi connectivity index (χ4v) is 3.16. The first-order valence-electron chi connectivity index (χ1n) is 8.20. The molecule has 3 aromatic rings. The second kappa shape index (κ2) is 8.34. The fraction of sp³-hybridized carbons (Fsp3) is 0.278. The summed E-state index contributed by atoms with van der Waals surface area (Å²) in [6, 6.07) is 7.22. The Kier molecular flexibility index (Phi) is 5.90. The molecule has 0 saturated heterocycles. The van der Waals surface area contributed by atoms with Crippen LogP contribution in [0.25, 0.3) is 11.4 Å². The van der Waals surface area contributed by atoms with E-state index in [0.29, 0.717) is 11.7 Å². The second-order valence-corrected chi connectivity index (χ2v) is 6.56. The van der Waals surface area contributed by atoms with E-state index in [2.05, 4.69) is 15.5 Å². The zero-order valence-corrected chi connectivity index (χ0v) is 14.9. The van der Waals surface area contributed by atoms with E-state index in [1.54, 1.807) is 6.07 Å². The Bertz CT molecular complexity index is 891. The molecule has 0 fully saturated rings. The summed E-state index contributed by atoms with van der Waals surface area (Å²) < 4.78 is 43.9. The lowest BCUT2D eigenvalue weighted by Gasteiger charge is -2.12. The Morgan fingerprint density at radius 1 is 1.19 bits per heavy atom. The number of alkyl halides is 3. The number of rotatable bonds is 7. The third kappa shape index (κ3) is 5.16. The molecular formula is C18H16F3N3O2S. The third-order valence-electron chi connectivity index (χ3n) is 3.85. The van der Waals surface area contributed by atoms with Gasteiger partial charge in [-0.3, -0.25) is 4.79 Å². The molecule has 3 rings (SSSR count). The van der Waals surface area contributed by atoms with Crippen molar-refractivity contribution in [1.82, 2.24) is 15.5 Å². The van der Waals surface area contributed by atoms with Crippen molar-refractivity contribution < 1.29 is 22.5 Å². The average molecular weight is 395 g/mol. The average Bonchev–Trinajstić information content (AvgIpc) is 3.31. The lowest BCUT2D eigenvalue weighted by atomic mass is 10.0. The van der Waals surface area contributed by atoms with Gasteiger partial charge in [-0.15, -0.1) is 0 Å². The number of amides is 1. The highest BCUT2D eigenvalue weighted by Crippen LogP contribution is 2.31. The topological polar surface area (TPSA) is 68.0 Å². The third-order valence-corrected chi connectivity index (χ3v) is 4.54. The lowest BCUT2D eigenvalue weighted by Crippen LogP contribution is -2.26. The van der Waals surface area contributed by atoms with Crippen molar-refractivity contribution in [3.8, 4) is 11.4 Å². The molecule has 0 bridgehead atoms. The Labute approximate surface area is 157 Å². The van der Waals surface area contributed by atoms with Gasteiger partial charge in [0.25, 0.3) is 0 Å². The van der Waals surface area contributed by atoms with E-state index in [4.69, 9.17) is 4.52 Å². The number of hydrogen-bond donors (Lipinski definition) is 1. The molecule has 2 heterocycles. The van der Waals surface area contributed by atoms with E-state index < -0.39 is 11.7 Å². The number of aryl methyl sites for hydroxylation is 1. The maximum Gasteiger partial charge on any atom is 0.416 e. The van der Waals surface area contributed by atoms with Crippen LogP contribution in [-0.2, 0) is 23.8 Å². The van der Waals surface area contributed by atoms with Crippen molar-refractivity contribution in [1.29, 1.82) is 0 Å². The number of hydrogen-bond acceptors (Lipinski definition) is 5.